The molecule has 1 atom stereocenters. The van der Waals surface area contributed by atoms with E-state index in [1.807, 2.05) is 11.0 Å². The fourth-order valence-electron chi connectivity index (χ4n) is 2.78. The SMILES string of the molecule is O=C(Cn1nccn1)N1CCN(Cc2ccc(CO)o2)C[C@@H](O)C1. The molecule has 1 saturated heterocycles. The predicted octanol–water partition coefficient (Wildman–Crippen LogP) is -0.931. The van der Waals surface area contributed by atoms with Crippen molar-refractivity contribution in [3.63, 3.8) is 0 Å². The molecule has 0 unspecified atom stereocenters. The van der Waals surface area contributed by atoms with Gasteiger partial charge in [0.2, 0.25) is 5.91 Å². The summed E-state index contributed by atoms with van der Waals surface area (Å²) in [5.41, 5.74) is 0. The predicted molar refractivity (Wildman–Crippen MR) is 82.5 cm³/mol. The number of β-amino-alcohol motifs (C(OH)–C–C–N with tert-alkyl or cyclic N) is 1. The molecule has 3 rings (SSSR count). The van der Waals surface area contributed by atoms with Crippen LogP contribution in [0.5, 0.6) is 0 Å². The highest BCUT2D eigenvalue weighted by Gasteiger charge is 2.25. The minimum absolute atomic E-state index is 0.0672. The third kappa shape index (κ3) is 4.19. The van der Waals surface area contributed by atoms with Crippen molar-refractivity contribution in [1.29, 1.82) is 0 Å². The number of hydrogen-bond acceptors (Lipinski definition) is 7. The Bertz CT molecular complexity index is 657. The van der Waals surface area contributed by atoms with Crippen molar-refractivity contribution in [3.05, 3.63) is 36.0 Å². The molecule has 9 nitrogen and oxygen atoms in total. The van der Waals surface area contributed by atoms with Crippen LogP contribution in [0.3, 0.4) is 0 Å². The lowest BCUT2D eigenvalue weighted by atomic mass is 10.3. The van der Waals surface area contributed by atoms with Crippen LogP contribution < -0.4 is 0 Å². The van der Waals surface area contributed by atoms with Crippen LogP contribution in [0.15, 0.2) is 28.9 Å². The van der Waals surface area contributed by atoms with Crippen LogP contribution >= 0.6 is 0 Å². The first kappa shape index (κ1) is 16.6. The summed E-state index contributed by atoms with van der Waals surface area (Å²) >= 11 is 0. The van der Waals surface area contributed by atoms with Gasteiger partial charge in [0.05, 0.1) is 25.0 Å². The number of hydrogen-bond donors (Lipinski definition) is 2. The highest BCUT2D eigenvalue weighted by molar-refractivity contribution is 5.75. The topological polar surface area (TPSA) is 108 Å². The second-order valence-electron chi connectivity index (χ2n) is 5.81. The maximum Gasteiger partial charge on any atom is 0.246 e. The van der Waals surface area contributed by atoms with Crippen molar-refractivity contribution in [2.45, 2.75) is 25.8 Å². The summed E-state index contributed by atoms with van der Waals surface area (Å²) in [5.74, 6) is 1.13. The summed E-state index contributed by atoms with van der Waals surface area (Å²) < 4.78 is 5.48. The molecule has 0 spiro atoms. The van der Waals surface area contributed by atoms with Crippen LogP contribution in [0.4, 0.5) is 0 Å². The number of aromatic nitrogens is 3. The molecule has 2 aromatic heterocycles. The Labute approximate surface area is 139 Å². The van der Waals surface area contributed by atoms with Gasteiger partial charge in [-0.3, -0.25) is 9.69 Å². The van der Waals surface area contributed by atoms with Crippen molar-refractivity contribution in [1.82, 2.24) is 24.8 Å². The number of amides is 1. The molecular formula is C15H21N5O4. The van der Waals surface area contributed by atoms with E-state index >= 15 is 0 Å². The van der Waals surface area contributed by atoms with E-state index in [2.05, 4.69) is 10.2 Å². The average molecular weight is 335 g/mol. The molecule has 2 aromatic rings. The van der Waals surface area contributed by atoms with Crippen molar-refractivity contribution >= 4 is 5.91 Å². The Hall–Kier alpha value is -2.23. The zero-order chi connectivity index (χ0) is 16.9. The van der Waals surface area contributed by atoms with Crippen LogP contribution in [-0.2, 0) is 24.5 Å². The molecule has 0 aliphatic carbocycles. The lowest BCUT2D eigenvalue weighted by molar-refractivity contribution is -0.133. The zero-order valence-electron chi connectivity index (χ0n) is 13.3. The molecule has 24 heavy (non-hydrogen) atoms. The molecule has 130 valence electrons. The highest BCUT2D eigenvalue weighted by Crippen LogP contribution is 2.13. The molecular weight excluding hydrogens is 314 g/mol. The fraction of sp³-hybridized carbons (Fsp3) is 0.533. The average Bonchev–Trinajstić information content (AvgIpc) is 3.18. The Kier molecular flexibility index (Phi) is 5.24. The molecule has 1 aliphatic heterocycles. The molecule has 0 saturated carbocycles. The summed E-state index contributed by atoms with van der Waals surface area (Å²) in [6.45, 7) is 2.36. The van der Waals surface area contributed by atoms with E-state index in [0.29, 0.717) is 31.9 Å². The first-order valence-electron chi connectivity index (χ1n) is 7.85. The van der Waals surface area contributed by atoms with Crippen LogP contribution in [0, 0.1) is 0 Å². The molecule has 1 aliphatic rings. The molecule has 0 aromatic carbocycles. The fourth-order valence-corrected chi connectivity index (χ4v) is 2.78. The van der Waals surface area contributed by atoms with E-state index < -0.39 is 6.10 Å². The van der Waals surface area contributed by atoms with Gasteiger partial charge in [-0.25, -0.2) is 0 Å². The van der Waals surface area contributed by atoms with Gasteiger partial charge in [0.25, 0.3) is 0 Å². The second kappa shape index (κ2) is 7.56. The maximum absolute atomic E-state index is 12.3. The first-order valence-corrected chi connectivity index (χ1v) is 7.85. The molecule has 0 radical (unpaired) electrons. The van der Waals surface area contributed by atoms with E-state index in [1.165, 1.54) is 17.2 Å². The molecule has 2 N–H and O–H groups in total. The Balaban J connectivity index is 1.57. The van der Waals surface area contributed by atoms with E-state index in [-0.39, 0.29) is 25.6 Å². The van der Waals surface area contributed by atoms with Gasteiger partial charge in [0.15, 0.2) is 0 Å². The normalized spacial score (nSPS) is 19.4. The Morgan fingerprint density at radius 1 is 1.21 bits per heavy atom. The lowest BCUT2D eigenvalue weighted by Crippen LogP contribution is -2.39. The van der Waals surface area contributed by atoms with Gasteiger partial charge in [-0.2, -0.15) is 15.0 Å². The summed E-state index contributed by atoms with van der Waals surface area (Å²) in [7, 11) is 0. The van der Waals surface area contributed by atoms with Crippen LogP contribution in [0.1, 0.15) is 11.5 Å². The van der Waals surface area contributed by atoms with E-state index in [4.69, 9.17) is 9.52 Å². The van der Waals surface area contributed by atoms with Gasteiger partial charge < -0.3 is 19.5 Å². The molecule has 9 heteroatoms. The van der Waals surface area contributed by atoms with Gasteiger partial charge in [-0.15, -0.1) is 0 Å². The van der Waals surface area contributed by atoms with Crippen molar-refractivity contribution < 1.29 is 19.4 Å². The van der Waals surface area contributed by atoms with E-state index in [0.717, 1.165) is 5.76 Å². The summed E-state index contributed by atoms with van der Waals surface area (Å²) in [6, 6.07) is 3.55. The quantitative estimate of drug-likeness (QED) is 0.727. The second-order valence-corrected chi connectivity index (χ2v) is 5.81. The monoisotopic (exact) mass is 335 g/mol. The van der Waals surface area contributed by atoms with Crippen molar-refractivity contribution in [2.75, 3.05) is 26.2 Å². The lowest BCUT2D eigenvalue weighted by Gasteiger charge is -2.21. The molecule has 1 amide bonds. The van der Waals surface area contributed by atoms with Gasteiger partial charge in [-0.1, -0.05) is 0 Å². The van der Waals surface area contributed by atoms with E-state index in [9.17, 15) is 9.90 Å². The van der Waals surface area contributed by atoms with Gasteiger partial charge >= 0.3 is 0 Å². The molecule has 3 heterocycles. The number of aliphatic hydroxyl groups is 2. The summed E-state index contributed by atoms with van der Waals surface area (Å²) in [6.07, 6.45) is 2.42. The third-order valence-corrected chi connectivity index (χ3v) is 3.93. The Morgan fingerprint density at radius 3 is 2.67 bits per heavy atom. The maximum atomic E-state index is 12.3. The summed E-state index contributed by atoms with van der Waals surface area (Å²) in [5, 5.41) is 27.1. The van der Waals surface area contributed by atoms with Gasteiger partial charge in [0.1, 0.15) is 24.7 Å². The number of rotatable bonds is 5. The summed E-state index contributed by atoms with van der Waals surface area (Å²) in [4.78, 5) is 17.3. The van der Waals surface area contributed by atoms with Crippen molar-refractivity contribution in [2.24, 2.45) is 0 Å². The standard InChI is InChI=1S/C15H21N5O4/c21-11-14-2-1-13(24-14)9-18-5-6-19(8-12(22)7-18)15(23)10-20-16-3-4-17-20/h1-4,12,21-22H,5-11H2/t12-/m1/s1. The smallest absolute Gasteiger partial charge is 0.246 e. The number of furan rings is 1. The van der Waals surface area contributed by atoms with Gasteiger partial charge in [0, 0.05) is 26.2 Å². The largest absolute Gasteiger partial charge is 0.462 e. The van der Waals surface area contributed by atoms with Crippen LogP contribution in [-0.4, -0.2) is 73.2 Å². The minimum atomic E-state index is -0.630. The minimum Gasteiger partial charge on any atom is -0.462 e. The first-order chi connectivity index (χ1) is 11.6. The number of aliphatic hydroxyl groups excluding tert-OH is 2. The van der Waals surface area contributed by atoms with E-state index in [1.54, 1.807) is 11.0 Å². The van der Waals surface area contributed by atoms with Crippen LogP contribution in [0.2, 0.25) is 0 Å². The van der Waals surface area contributed by atoms with Crippen LogP contribution in [0.25, 0.3) is 0 Å². The molecule has 1 fully saturated rings. The number of carbonyl (C=O) groups is 1. The van der Waals surface area contributed by atoms with Gasteiger partial charge in [-0.05, 0) is 12.1 Å². The Morgan fingerprint density at radius 2 is 1.96 bits per heavy atom. The molecule has 0 bridgehead atoms. The highest BCUT2D eigenvalue weighted by atomic mass is 16.4. The van der Waals surface area contributed by atoms with Crippen molar-refractivity contribution in [3.8, 4) is 0 Å². The third-order valence-electron chi connectivity index (χ3n) is 3.93. The number of carbonyl (C=O) groups excluding carboxylic acids is 1. The zero-order valence-corrected chi connectivity index (χ0v) is 13.3. The number of nitrogens with zero attached hydrogens (tertiary/aromatic N) is 5.